The number of carbonyl (C=O) groups is 1. The van der Waals surface area contributed by atoms with E-state index in [9.17, 15) is 9.90 Å². The second-order valence-electron chi connectivity index (χ2n) is 5.41. The van der Waals surface area contributed by atoms with Crippen LogP contribution in [0.2, 0.25) is 0 Å². The van der Waals surface area contributed by atoms with Crippen LogP contribution >= 0.6 is 0 Å². The van der Waals surface area contributed by atoms with Gasteiger partial charge in [-0.15, -0.1) is 0 Å². The second-order valence-corrected chi connectivity index (χ2v) is 5.41. The van der Waals surface area contributed by atoms with E-state index in [4.69, 9.17) is 9.84 Å². The summed E-state index contributed by atoms with van der Waals surface area (Å²) in [6.07, 6.45) is -0.761. The zero-order chi connectivity index (χ0) is 14.6. The molecule has 0 bridgehead atoms. The van der Waals surface area contributed by atoms with Crippen molar-refractivity contribution >= 4 is 5.97 Å². The zero-order valence-electron chi connectivity index (χ0n) is 11.7. The van der Waals surface area contributed by atoms with Gasteiger partial charge < -0.3 is 20.3 Å². The third-order valence-corrected chi connectivity index (χ3v) is 2.66. The first kappa shape index (κ1) is 15.5. The third-order valence-electron chi connectivity index (χ3n) is 2.66. The number of β-amino-alcohol motifs (C(OH)–C–C–N with tert-alkyl or cyclic N) is 1. The lowest BCUT2D eigenvalue weighted by Crippen LogP contribution is -2.38. The Labute approximate surface area is 113 Å². The number of carboxylic acids is 1. The van der Waals surface area contributed by atoms with Crippen molar-refractivity contribution in [2.24, 2.45) is 0 Å². The van der Waals surface area contributed by atoms with Gasteiger partial charge in [-0.3, -0.25) is 0 Å². The van der Waals surface area contributed by atoms with Crippen molar-refractivity contribution in [3.05, 3.63) is 29.3 Å². The van der Waals surface area contributed by atoms with Gasteiger partial charge in [0, 0.05) is 12.1 Å². The Kier molecular flexibility index (Phi) is 4.91. The van der Waals surface area contributed by atoms with Crippen LogP contribution < -0.4 is 10.1 Å². The summed E-state index contributed by atoms with van der Waals surface area (Å²) in [5, 5.41) is 22.3. The first-order valence-corrected chi connectivity index (χ1v) is 6.09. The first-order chi connectivity index (χ1) is 8.74. The molecule has 0 aliphatic carbocycles. The highest BCUT2D eigenvalue weighted by Gasteiger charge is 2.17. The van der Waals surface area contributed by atoms with Crippen molar-refractivity contribution in [1.29, 1.82) is 0 Å². The van der Waals surface area contributed by atoms with Crippen LogP contribution in [0.5, 0.6) is 5.75 Å². The van der Waals surface area contributed by atoms with Crippen LogP contribution in [-0.2, 0) is 0 Å². The van der Waals surface area contributed by atoms with Crippen molar-refractivity contribution in [1.82, 2.24) is 5.32 Å². The molecule has 106 valence electrons. The van der Waals surface area contributed by atoms with Crippen molar-refractivity contribution in [2.75, 3.05) is 13.7 Å². The van der Waals surface area contributed by atoms with Crippen LogP contribution in [0.1, 0.15) is 42.8 Å². The molecule has 0 amide bonds. The van der Waals surface area contributed by atoms with Crippen LogP contribution in [-0.4, -0.2) is 35.4 Å². The lowest BCUT2D eigenvalue weighted by Gasteiger charge is -2.23. The van der Waals surface area contributed by atoms with Crippen LogP contribution in [0, 0.1) is 0 Å². The minimum atomic E-state index is -1.07. The number of nitrogens with one attached hydrogen (secondary N) is 1. The highest BCUT2D eigenvalue weighted by atomic mass is 16.5. The standard InChI is InChI=1S/C14H21NO4/c1-14(2,3)15-8-11(16)9-5-6-12(19-4)10(7-9)13(17)18/h5-7,11,15-16H,8H2,1-4H3,(H,17,18). The Morgan fingerprint density at radius 2 is 2.05 bits per heavy atom. The van der Waals surface area contributed by atoms with Gasteiger partial charge in [-0.1, -0.05) is 6.07 Å². The average Bonchev–Trinajstić information content (AvgIpc) is 2.34. The topological polar surface area (TPSA) is 78.8 Å². The van der Waals surface area contributed by atoms with Gasteiger partial charge in [0.15, 0.2) is 0 Å². The minimum Gasteiger partial charge on any atom is -0.496 e. The maximum absolute atomic E-state index is 11.1. The predicted octanol–water partition coefficient (Wildman–Crippen LogP) is 1.81. The fraction of sp³-hybridized carbons (Fsp3) is 0.500. The molecule has 1 unspecified atom stereocenters. The molecule has 1 rings (SSSR count). The summed E-state index contributed by atoms with van der Waals surface area (Å²) >= 11 is 0. The molecule has 1 aromatic rings. The van der Waals surface area contributed by atoms with Gasteiger partial charge in [0.25, 0.3) is 0 Å². The summed E-state index contributed by atoms with van der Waals surface area (Å²) < 4.78 is 4.98. The van der Waals surface area contributed by atoms with Crippen molar-refractivity contribution < 1.29 is 19.7 Å². The summed E-state index contributed by atoms with van der Waals surface area (Å²) in [7, 11) is 1.42. The normalized spacial score (nSPS) is 13.1. The molecule has 0 aromatic heterocycles. The monoisotopic (exact) mass is 267 g/mol. The molecule has 0 saturated carbocycles. The van der Waals surface area contributed by atoms with Crippen molar-refractivity contribution in [3.63, 3.8) is 0 Å². The van der Waals surface area contributed by atoms with Gasteiger partial charge in [0.1, 0.15) is 11.3 Å². The Bertz CT molecular complexity index is 451. The molecule has 1 aromatic carbocycles. The van der Waals surface area contributed by atoms with Crippen LogP contribution in [0.15, 0.2) is 18.2 Å². The summed E-state index contributed by atoms with van der Waals surface area (Å²) in [5.74, 6) is -0.790. The van der Waals surface area contributed by atoms with E-state index in [0.29, 0.717) is 12.1 Å². The Balaban J connectivity index is 2.89. The first-order valence-electron chi connectivity index (χ1n) is 6.09. The van der Waals surface area contributed by atoms with E-state index >= 15 is 0 Å². The lowest BCUT2D eigenvalue weighted by molar-refractivity contribution is 0.0693. The highest BCUT2D eigenvalue weighted by molar-refractivity contribution is 5.91. The lowest BCUT2D eigenvalue weighted by atomic mass is 10.0. The van der Waals surface area contributed by atoms with E-state index in [2.05, 4.69) is 5.32 Å². The number of benzene rings is 1. The third kappa shape index (κ3) is 4.54. The molecule has 0 saturated heterocycles. The Hall–Kier alpha value is -1.59. The maximum atomic E-state index is 11.1. The minimum absolute atomic E-state index is 0.0507. The Morgan fingerprint density at radius 1 is 1.42 bits per heavy atom. The van der Waals surface area contributed by atoms with E-state index in [1.54, 1.807) is 12.1 Å². The second kappa shape index (κ2) is 6.04. The number of hydrogen-bond acceptors (Lipinski definition) is 4. The molecule has 3 N–H and O–H groups in total. The molecule has 19 heavy (non-hydrogen) atoms. The summed E-state index contributed by atoms with van der Waals surface area (Å²) in [5.41, 5.74) is 0.494. The summed E-state index contributed by atoms with van der Waals surface area (Å²) in [6, 6.07) is 4.66. The number of rotatable bonds is 5. The van der Waals surface area contributed by atoms with Gasteiger partial charge in [-0.25, -0.2) is 4.79 Å². The van der Waals surface area contributed by atoms with Crippen LogP contribution in [0.4, 0.5) is 0 Å². The number of ether oxygens (including phenoxy) is 1. The molecule has 5 heteroatoms. The number of aliphatic hydroxyl groups excluding tert-OH is 1. The molecule has 5 nitrogen and oxygen atoms in total. The van der Waals surface area contributed by atoms with E-state index in [1.807, 2.05) is 20.8 Å². The largest absolute Gasteiger partial charge is 0.496 e. The number of hydrogen-bond donors (Lipinski definition) is 3. The van der Waals surface area contributed by atoms with E-state index in [0.717, 1.165) is 0 Å². The van der Waals surface area contributed by atoms with Gasteiger partial charge in [-0.2, -0.15) is 0 Å². The number of aliphatic hydroxyl groups is 1. The predicted molar refractivity (Wildman–Crippen MR) is 72.7 cm³/mol. The number of carboxylic acid groups (broad SMARTS) is 1. The van der Waals surface area contributed by atoms with E-state index in [1.165, 1.54) is 13.2 Å². The van der Waals surface area contributed by atoms with Gasteiger partial charge >= 0.3 is 5.97 Å². The average molecular weight is 267 g/mol. The van der Waals surface area contributed by atoms with Crippen LogP contribution in [0.25, 0.3) is 0 Å². The highest BCUT2D eigenvalue weighted by Crippen LogP contribution is 2.23. The fourth-order valence-corrected chi connectivity index (χ4v) is 1.62. The van der Waals surface area contributed by atoms with Gasteiger partial charge in [-0.05, 0) is 38.5 Å². The molecular formula is C14H21NO4. The zero-order valence-corrected chi connectivity index (χ0v) is 11.7. The summed E-state index contributed by atoms with van der Waals surface area (Å²) in [6.45, 7) is 6.35. The molecular weight excluding hydrogens is 246 g/mol. The van der Waals surface area contributed by atoms with E-state index in [-0.39, 0.29) is 16.9 Å². The van der Waals surface area contributed by atoms with Crippen LogP contribution in [0.3, 0.4) is 0 Å². The molecule has 0 radical (unpaired) electrons. The fourth-order valence-electron chi connectivity index (χ4n) is 1.62. The maximum Gasteiger partial charge on any atom is 0.339 e. The molecule has 0 fully saturated rings. The summed E-state index contributed by atoms with van der Waals surface area (Å²) in [4.78, 5) is 11.1. The number of aromatic carboxylic acids is 1. The molecule has 0 heterocycles. The molecule has 0 aliphatic heterocycles. The molecule has 0 spiro atoms. The quantitative estimate of drug-likeness (QED) is 0.758. The smallest absolute Gasteiger partial charge is 0.339 e. The van der Waals surface area contributed by atoms with Gasteiger partial charge in [0.05, 0.1) is 13.2 Å². The van der Waals surface area contributed by atoms with Crippen molar-refractivity contribution in [2.45, 2.75) is 32.4 Å². The van der Waals surface area contributed by atoms with Crippen molar-refractivity contribution in [3.8, 4) is 5.75 Å². The van der Waals surface area contributed by atoms with E-state index < -0.39 is 12.1 Å². The number of methoxy groups -OCH3 is 1. The van der Waals surface area contributed by atoms with Gasteiger partial charge in [0.2, 0.25) is 0 Å². The molecule has 0 aliphatic rings. The SMILES string of the molecule is COc1ccc(C(O)CNC(C)(C)C)cc1C(=O)O. The Morgan fingerprint density at radius 3 is 2.53 bits per heavy atom. The molecule has 1 atom stereocenters.